The van der Waals surface area contributed by atoms with E-state index < -0.39 is 0 Å². The first-order valence-electron chi connectivity index (χ1n) is 6.37. The van der Waals surface area contributed by atoms with Gasteiger partial charge in [-0.3, -0.25) is 9.88 Å². The third-order valence-electron chi connectivity index (χ3n) is 3.44. The molecule has 1 aliphatic heterocycles. The molecule has 4 nitrogen and oxygen atoms in total. The monoisotopic (exact) mass is 243 g/mol. The van der Waals surface area contributed by atoms with Crippen molar-refractivity contribution in [3.8, 4) is 0 Å². The molecule has 18 heavy (non-hydrogen) atoms. The number of likely N-dealkylation sites (tertiary alicyclic amines) is 1. The van der Waals surface area contributed by atoms with Gasteiger partial charge in [0.05, 0.1) is 5.69 Å². The van der Waals surface area contributed by atoms with Crippen molar-refractivity contribution in [3.05, 3.63) is 47.6 Å². The normalized spacial score (nSPS) is 20.4. The van der Waals surface area contributed by atoms with Gasteiger partial charge in [0, 0.05) is 37.0 Å². The SMILES string of the molecule is Cc1cc(CN2CCC(c3ccccn3)C2)no1. The lowest BCUT2D eigenvalue weighted by Gasteiger charge is -2.13. The van der Waals surface area contributed by atoms with E-state index >= 15 is 0 Å². The maximum atomic E-state index is 5.10. The van der Waals surface area contributed by atoms with Gasteiger partial charge in [-0.1, -0.05) is 11.2 Å². The Labute approximate surface area is 107 Å². The van der Waals surface area contributed by atoms with Crippen LogP contribution in [0.25, 0.3) is 0 Å². The fourth-order valence-corrected chi connectivity index (χ4v) is 2.56. The molecule has 1 unspecified atom stereocenters. The average Bonchev–Trinajstić information content (AvgIpc) is 3.01. The summed E-state index contributed by atoms with van der Waals surface area (Å²) in [5.74, 6) is 1.43. The average molecular weight is 243 g/mol. The van der Waals surface area contributed by atoms with Gasteiger partial charge in [-0.25, -0.2) is 0 Å². The number of hydrogen-bond acceptors (Lipinski definition) is 4. The Morgan fingerprint density at radius 2 is 2.39 bits per heavy atom. The molecule has 0 aromatic carbocycles. The first-order valence-corrected chi connectivity index (χ1v) is 6.37. The van der Waals surface area contributed by atoms with Crippen molar-refractivity contribution in [1.29, 1.82) is 0 Å². The van der Waals surface area contributed by atoms with Crippen LogP contribution in [-0.2, 0) is 6.54 Å². The lowest BCUT2D eigenvalue weighted by atomic mass is 10.0. The Bertz CT molecular complexity index is 509. The highest BCUT2D eigenvalue weighted by Crippen LogP contribution is 2.26. The van der Waals surface area contributed by atoms with Crippen LogP contribution >= 0.6 is 0 Å². The summed E-state index contributed by atoms with van der Waals surface area (Å²) >= 11 is 0. The Morgan fingerprint density at radius 1 is 1.44 bits per heavy atom. The van der Waals surface area contributed by atoms with E-state index in [2.05, 4.69) is 27.2 Å². The molecule has 4 heteroatoms. The number of hydrogen-bond donors (Lipinski definition) is 0. The standard InChI is InChI=1S/C14H17N3O/c1-11-8-13(16-18-11)10-17-7-5-12(9-17)14-4-2-3-6-15-14/h2-4,6,8,12H,5,7,9-10H2,1H3. The summed E-state index contributed by atoms with van der Waals surface area (Å²) in [5, 5.41) is 4.04. The van der Waals surface area contributed by atoms with Gasteiger partial charge >= 0.3 is 0 Å². The van der Waals surface area contributed by atoms with Gasteiger partial charge in [-0.2, -0.15) is 0 Å². The van der Waals surface area contributed by atoms with Crippen LogP contribution in [0.2, 0.25) is 0 Å². The molecule has 0 radical (unpaired) electrons. The number of rotatable bonds is 3. The molecule has 2 aromatic rings. The van der Waals surface area contributed by atoms with Crippen LogP contribution in [-0.4, -0.2) is 28.1 Å². The molecule has 2 aromatic heterocycles. The first kappa shape index (κ1) is 11.4. The molecule has 3 heterocycles. The van der Waals surface area contributed by atoms with E-state index in [0.717, 1.165) is 31.1 Å². The van der Waals surface area contributed by atoms with E-state index in [1.54, 1.807) is 0 Å². The van der Waals surface area contributed by atoms with E-state index in [1.807, 2.05) is 25.3 Å². The number of pyridine rings is 1. The third kappa shape index (κ3) is 2.43. The van der Waals surface area contributed by atoms with E-state index in [0.29, 0.717) is 5.92 Å². The van der Waals surface area contributed by atoms with E-state index in [9.17, 15) is 0 Å². The Morgan fingerprint density at radius 3 is 3.11 bits per heavy atom. The van der Waals surface area contributed by atoms with Gasteiger partial charge in [-0.05, 0) is 32.0 Å². The molecular formula is C14H17N3O. The summed E-state index contributed by atoms with van der Waals surface area (Å²) in [6, 6.07) is 8.16. The van der Waals surface area contributed by atoms with Crippen molar-refractivity contribution in [2.75, 3.05) is 13.1 Å². The zero-order valence-corrected chi connectivity index (χ0v) is 10.5. The van der Waals surface area contributed by atoms with E-state index in [-0.39, 0.29) is 0 Å². The molecule has 94 valence electrons. The second-order valence-corrected chi connectivity index (χ2v) is 4.90. The predicted octanol–water partition coefficient (Wildman–Crippen LogP) is 2.37. The quantitative estimate of drug-likeness (QED) is 0.830. The van der Waals surface area contributed by atoms with Gasteiger partial charge in [0.2, 0.25) is 0 Å². The summed E-state index contributed by atoms with van der Waals surface area (Å²) in [7, 11) is 0. The summed E-state index contributed by atoms with van der Waals surface area (Å²) in [4.78, 5) is 6.86. The fraction of sp³-hybridized carbons (Fsp3) is 0.429. The van der Waals surface area contributed by atoms with Crippen LogP contribution in [0.15, 0.2) is 35.0 Å². The smallest absolute Gasteiger partial charge is 0.133 e. The van der Waals surface area contributed by atoms with E-state index in [4.69, 9.17) is 4.52 Å². The summed E-state index contributed by atoms with van der Waals surface area (Å²) in [6.07, 6.45) is 3.05. The van der Waals surface area contributed by atoms with Crippen molar-refractivity contribution >= 4 is 0 Å². The van der Waals surface area contributed by atoms with Gasteiger partial charge in [-0.15, -0.1) is 0 Å². The highest BCUT2D eigenvalue weighted by Gasteiger charge is 2.25. The highest BCUT2D eigenvalue weighted by atomic mass is 16.5. The van der Waals surface area contributed by atoms with Crippen molar-refractivity contribution in [2.24, 2.45) is 0 Å². The van der Waals surface area contributed by atoms with Crippen LogP contribution in [0.1, 0.15) is 29.5 Å². The Kier molecular flexibility index (Phi) is 3.11. The third-order valence-corrected chi connectivity index (χ3v) is 3.44. The number of aryl methyl sites for hydroxylation is 1. The second kappa shape index (κ2) is 4.90. The largest absolute Gasteiger partial charge is 0.361 e. The zero-order chi connectivity index (χ0) is 12.4. The molecule has 0 bridgehead atoms. The summed E-state index contributed by atoms with van der Waals surface area (Å²) in [5.41, 5.74) is 2.23. The van der Waals surface area contributed by atoms with Gasteiger partial charge in [0.25, 0.3) is 0 Å². The predicted molar refractivity (Wildman–Crippen MR) is 68.1 cm³/mol. The lowest BCUT2D eigenvalue weighted by molar-refractivity contribution is 0.308. The van der Waals surface area contributed by atoms with Crippen LogP contribution in [0.4, 0.5) is 0 Å². The molecule has 0 spiro atoms. The summed E-state index contributed by atoms with van der Waals surface area (Å²) < 4.78 is 5.10. The first-order chi connectivity index (χ1) is 8.81. The van der Waals surface area contributed by atoms with Gasteiger partial charge < -0.3 is 4.52 Å². The molecule has 0 N–H and O–H groups in total. The van der Waals surface area contributed by atoms with Crippen LogP contribution < -0.4 is 0 Å². The molecule has 1 fully saturated rings. The molecule has 0 aliphatic carbocycles. The Balaban J connectivity index is 1.62. The molecule has 0 saturated carbocycles. The van der Waals surface area contributed by atoms with Crippen molar-refractivity contribution in [3.63, 3.8) is 0 Å². The van der Waals surface area contributed by atoms with Crippen LogP contribution in [0, 0.1) is 6.92 Å². The van der Waals surface area contributed by atoms with Gasteiger partial charge in [0.1, 0.15) is 5.76 Å². The van der Waals surface area contributed by atoms with Crippen molar-refractivity contribution < 1.29 is 4.52 Å². The molecule has 3 rings (SSSR count). The highest BCUT2D eigenvalue weighted by molar-refractivity contribution is 5.12. The van der Waals surface area contributed by atoms with Crippen molar-refractivity contribution in [2.45, 2.75) is 25.8 Å². The van der Waals surface area contributed by atoms with Gasteiger partial charge in [0.15, 0.2) is 0 Å². The topological polar surface area (TPSA) is 42.2 Å². The van der Waals surface area contributed by atoms with Crippen LogP contribution in [0.3, 0.4) is 0 Å². The number of nitrogens with zero attached hydrogens (tertiary/aromatic N) is 3. The minimum Gasteiger partial charge on any atom is -0.361 e. The molecule has 1 saturated heterocycles. The van der Waals surface area contributed by atoms with Crippen molar-refractivity contribution in [1.82, 2.24) is 15.0 Å². The molecule has 1 atom stereocenters. The molecule has 0 amide bonds. The van der Waals surface area contributed by atoms with Crippen LogP contribution in [0.5, 0.6) is 0 Å². The zero-order valence-electron chi connectivity index (χ0n) is 10.5. The summed E-state index contributed by atoms with van der Waals surface area (Å²) in [6.45, 7) is 4.97. The molecule has 1 aliphatic rings. The second-order valence-electron chi connectivity index (χ2n) is 4.90. The minimum absolute atomic E-state index is 0.555. The Hall–Kier alpha value is -1.68. The molecular weight excluding hydrogens is 226 g/mol. The fourth-order valence-electron chi connectivity index (χ4n) is 2.56. The maximum Gasteiger partial charge on any atom is 0.133 e. The van der Waals surface area contributed by atoms with E-state index in [1.165, 1.54) is 12.1 Å². The lowest BCUT2D eigenvalue weighted by Crippen LogP contribution is -2.20. The minimum atomic E-state index is 0.555. The number of aromatic nitrogens is 2. The maximum absolute atomic E-state index is 5.10.